The van der Waals surface area contributed by atoms with E-state index in [1.165, 1.54) is 16.2 Å². The second-order valence-corrected chi connectivity index (χ2v) is 8.15. The number of benzene rings is 2. The van der Waals surface area contributed by atoms with Gasteiger partial charge in [0.2, 0.25) is 5.95 Å². The minimum atomic E-state index is -0.963. The number of fused-ring (bicyclic) bond motifs is 1. The SMILES string of the molecule is Cn1c(=O)[nH]c(=O)c2c1nc(N/N=C/c1ccc(Br)cc1)n2C[C@@H](O)COc1ccccc1. The second-order valence-electron chi connectivity index (χ2n) is 7.24. The summed E-state index contributed by atoms with van der Waals surface area (Å²) in [6, 6.07) is 16.6. The zero-order valence-electron chi connectivity index (χ0n) is 17.6. The van der Waals surface area contributed by atoms with E-state index in [4.69, 9.17) is 4.74 Å². The molecule has 0 bridgehead atoms. The van der Waals surface area contributed by atoms with Crippen LogP contribution < -0.4 is 21.4 Å². The summed E-state index contributed by atoms with van der Waals surface area (Å²) in [5.41, 5.74) is 2.76. The van der Waals surface area contributed by atoms with Gasteiger partial charge < -0.3 is 14.4 Å². The number of anilines is 1. The molecule has 0 radical (unpaired) electrons. The first-order chi connectivity index (χ1) is 15.9. The highest BCUT2D eigenvalue weighted by Gasteiger charge is 2.19. The third-order valence-electron chi connectivity index (χ3n) is 4.83. The molecule has 4 rings (SSSR count). The van der Waals surface area contributed by atoms with E-state index in [1.807, 2.05) is 42.5 Å². The van der Waals surface area contributed by atoms with Gasteiger partial charge in [-0.05, 0) is 29.8 Å². The maximum Gasteiger partial charge on any atom is 0.329 e. The average Bonchev–Trinajstić information content (AvgIpc) is 3.17. The predicted octanol–water partition coefficient (Wildman–Crippen LogP) is 2.07. The third-order valence-corrected chi connectivity index (χ3v) is 5.36. The predicted molar refractivity (Wildman–Crippen MR) is 129 cm³/mol. The van der Waals surface area contributed by atoms with E-state index in [0.29, 0.717) is 5.75 Å². The minimum Gasteiger partial charge on any atom is -0.491 e. The summed E-state index contributed by atoms with van der Waals surface area (Å²) in [6.45, 7) is -0.0181. The number of hydrazone groups is 1. The van der Waals surface area contributed by atoms with Crippen LogP contribution in [-0.4, -0.2) is 43.1 Å². The highest BCUT2D eigenvalue weighted by atomic mass is 79.9. The summed E-state index contributed by atoms with van der Waals surface area (Å²) < 4.78 is 9.26. The number of imidazole rings is 1. The van der Waals surface area contributed by atoms with Crippen LogP contribution in [0.5, 0.6) is 5.75 Å². The molecule has 0 saturated carbocycles. The Bertz CT molecular complexity index is 1390. The topological polar surface area (TPSA) is 127 Å². The number of hydrogen-bond acceptors (Lipinski definition) is 7. The summed E-state index contributed by atoms with van der Waals surface area (Å²) in [4.78, 5) is 31.2. The van der Waals surface area contributed by atoms with Crippen LogP contribution in [0, 0.1) is 0 Å². The fraction of sp³-hybridized carbons (Fsp3) is 0.182. The van der Waals surface area contributed by atoms with Gasteiger partial charge in [0.1, 0.15) is 18.5 Å². The lowest BCUT2D eigenvalue weighted by Gasteiger charge is -2.15. The van der Waals surface area contributed by atoms with Crippen molar-refractivity contribution in [3.8, 4) is 5.75 Å². The van der Waals surface area contributed by atoms with E-state index in [-0.39, 0.29) is 30.3 Å². The number of para-hydroxylation sites is 1. The van der Waals surface area contributed by atoms with Crippen molar-refractivity contribution in [2.24, 2.45) is 12.1 Å². The van der Waals surface area contributed by atoms with Crippen LogP contribution in [0.2, 0.25) is 0 Å². The lowest BCUT2D eigenvalue weighted by atomic mass is 10.2. The van der Waals surface area contributed by atoms with Crippen LogP contribution in [0.4, 0.5) is 5.95 Å². The number of nitrogens with zero attached hydrogens (tertiary/aromatic N) is 4. The zero-order valence-corrected chi connectivity index (χ0v) is 19.2. The number of aliphatic hydroxyl groups is 1. The molecule has 2 heterocycles. The molecule has 0 aliphatic rings. The Morgan fingerprint density at radius 2 is 1.94 bits per heavy atom. The molecule has 3 N–H and O–H groups in total. The Morgan fingerprint density at radius 3 is 2.67 bits per heavy atom. The number of aryl methyl sites for hydroxylation is 1. The fourth-order valence-corrected chi connectivity index (χ4v) is 3.45. The van der Waals surface area contributed by atoms with Crippen molar-refractivity contribution in [3.05, 3.63) is 85.5 Å². The third kappa shape index (κ3) is 5.21. The Labute approximate surface area is 196 Å². The number of halogens is 1. The molecule has 2 aromatic carbocycles. The van der Waals surface area contributed by atoms with Gasteiger partial charge in [-0.25, -0.2) is 10.2 Å². The number of H-pyrrole nitrogens is 1. The van der Waals surface area contributed by atoms with Crippen molar-refractivity contribution >= 4 is 39.3 Å². The van der Waals surface area contributed by atoms with E-state index in [0.717, 1.165) is 10.0 Å². The van der Waals surface area contributed by atoms with Crippen molar-refractivity contribution < 1.29 is 9.84 Å². The first-order valence-corrected chi connectivity index (χ1v) is 10.8. The standard InChI is InChI=1S/C22H21BrN6O4/c1-28-19-18(20(31)26-22(28)32)29(12-16(30)13-33-17-5-3-2-4-6-17)21(25-19)27-24-11-14-7-9-15(23)10-8-14/h2-11,16,30H,12-13H2,1H3,(H,25,27)(H,26,31,32)/b24-11+/t16-/m1/s1. The van der Waals surface area contributed by atoms with Crippen molar-refractivity contribution in [1.82, 2.24) is 19.1 Å². The summed E-state index contributed by atoms with van der Waals surface area (Å²) >= 11 is 3.38. The molecule has 170 valence electrons. The zero-order chi connectivity index (χ0) is 23.4. The van der Waals surface area contributed by atoms with Crippen LogP contribution in [0.15, 0.2) is 73.8 Å². The van der Waals surface area contributed by atoms with Gasteiger partial charge in [0.05, 0.1) is 12.8 Å². The molecule has 11 heteroatoms. The van der Waals surface area contributed by atoms with Crippen LogP contribution in [-0.2, 0) is 13.6 Å². The van der Waals surface area contributed by atoms with Gasteiger partial charge >= 0.3 is 5.69 Å². The van der Waals surface area contributed by atoms with Crippen molar-refractivity contribution in [1.29, 1.82) is 0 Å². The summed E-state index contributed by atoms with van der Waals surface area (Å²) in [6.07, 6.45) is 0.629. The number of aromatic nitrogens is 4. The average molecular weight is 513 g/mol. The van der Waals surface area contributed by atoms with Crippen LogP contribution in [0.1, 0.15) is 5.56 Å². The number of rotatable bonds is 8. The fourth-order valence-electron chi connectivity index (χ4n) is 3.18. The van der Waals surface area contributed by atoms with E-state index in [2.05, 4.69) is 36.4 Å². The molecule has 0 aliphatic carbocycles. The molecular formula is C22H21BrN6O4. The Kier molecular flexibility index (Phi) is 6.71. The smallest absolute Gasteiger partial charge is 0.329 e. The molecule has 0 saturated heterocycles. The molecule has 2 aromatic heterocycles. The lowest BCUT2D eigenvalue weighted by molar-refractivity contribution is 0.0938. The largest absolute Gasteiger partial charge is 0.491 e. The lowest BCUT2D eigenvalue weighted by Crippen LogP contribution is -2.30. The maximum absolute atomic E-state index is 12.6. The van der Waals surface area contributed by atoms with Gasteiger partial charge in [-0.2, -0.15) is 10.1 Å². The van der Waals surface area contributed by atoms with Gasteiger partial charge in [-0.1, -0.05) is 46.3 Å². The molecule has 33 heavy (non-hydrogen) atoms. The molecule has 0 fully saturated rings. The summed E-state index contributed by atoms with van der Waals surface area (Å²) in [7, 11) is 1.50. The van der Waals surface area contributed by atoms with E-state index in [9.17, 15) is 14.7 Å². The van der Waals surface area contributed by atoms with Gasteiger partial charge in [0.15, 0.2) is 11.2 Å². The quantitative estimate of drug-likeness (QED) is 0.245. The normalized spacial score (nSPS) is 12.3. The monoisotopic (exact) mass is 512 g/mol. The first kappa shape index (κ1) is 22.5. The van der Waals surface area contributed by atoms with Gasteiger partial charge in [0.25, 0.3) is 5.56 Å². The molecule has 0 aliphatic heterocycles. The number of aliphatic hydroxyl groups excluding tert-OH is 1. The summed E-state index contributed by atoms with van der Waals surface area (Å²) in [5.74, 6) is 0.813. The van der Waals surface area contributed by atoms with Gasteiger partial charge in [0, 0.05) is 11.5 Å². The van der Waals surface area contributed by atoms with Crippen molar-refractivity contribution in [3.63, 3.8) is 0 Å². The molecule has 4 aromatic rings. The maximum atomic E-state index is 12.6. The highest BCUT2D eigenvalue weighted by Crippen LogP contribution is 2.17. The minimum absolute atomic E-state index is 0.00500. The van der Waals surface area contributed by atoms with Crippen molar-refractivity contribution in [2.75, 3.05) is 12.0 Å². The molecule has 0 unspecified atom stereocenters. The Balaban J connectivity index is 1.62. The number of ether oxygens (including phenoxy) is 1. The molecule has 10 nitrogen and oxygen atoms in total. The number of nitrogens with one attached hydrogen (secondary N) is 2. The number of aromatic amines is 1. The van der Waals surface area contributed by atoms with E-state index < -0.39 is 17.4 Å². The van der Waals surface area contributed by atoms with Crippen LogP contribution >= 0.6 is 15.9 Å². The second kappa shape index (κ2) is 9.84. The van der Waals surface area contributed by atoms with Crippen LogP contribution in [0.3, 0.4) is 0 Å². The molecule has 0 amide bonds. The van der Waals surface area contributed by atoms with Crippen LogP contribution in [0.25, 0.3) is 11.2 Å². The Morgan fingerprint density at radius 1 is 1.21 bits per heavy atom. The Hall–Kier alpha value is -3.70. The first-order valence-electron chi connectivity index (χ1n) is 10.0. The van der Waals surface area contributed by atoms with E-state index >= 15 is 0 Å². The molecular weight excluding hydrogens is 492 g/mol. The highest BCUT2D eigenvalue weighted by molar-refractivity contribution is 9.10. The molecule has 0 spiro atoms. The van der Waals surface area contributed by atoms with Crippen molar-refractivity contribution in [2.45, 2.75) is 12.6 Å². The van der Waals surface area contributed by atoms with Gasteiger partial charge in [-0.3, -0.25) is 14.3 Å². The van der Waals surface area contributed by atoms with E-state index in [1.54, 1.807) is 18.3 Å². The van der Waals surface area contributed by atoms with Gasteiger partial charge in [-0.15, -0.1) is 0 Å². The number of hydrogen-bond donors (Lipinski definition) is 3. The summed E-state index contributed by atoms with van der Waals surface area (Å²) in [5, 5.41) is 14.8. The molecule has 1 atom stereocenters.